The van der Waals surface area contributed by atoms with Crippen molar-refractivity contribution in [3.63, 3.8) is 0 Å². The molecule has 2 heterocycles. The minimum atomic E-state index is -0.807. The fourth-order valence-electron chi connectivity index (χ4n) is 4.48. The van der Waals surface area contributed by atoms with Gasteiger partial charge in [0.15, 0.2) is 0 Å². The molecule has 29 heavy (non-hydrogen) atoms. The summed E-state index contributed by atoms with van der Waals surface area (Å²) in [6, 6.07) is 17.5. The third-order valence-corrected chi connectivity index (χ3v) is 6.27. The topological polar surface area (TPSA) is 58.6 Å². The van der Waals surface area contributed by atoms with E-state index in [9.17, 15) is 9.59 Å². The van der Waals surface area contributed by atoms with Gasteiger partial charge in [-0.05, 0) is 30.0 Å². The Bertz CT molecular complexity index is 889. The first-order valence-corrected chi connectivity index (χ1v) is 10.4. The van der Waals surface area contributed by atoms with Gasteiger partial charge in [-0.1, -0.05) is 60.1 Å². The van der Waals surface area contributed by atoms with Crippen LogP contribution in [0.25, 0.3) is 0 Å². The standard InChI is InChI=1S/C23H25ClN2O3/c24-20-9-5-4-8-19(20)23(14-18-10-11-21(27)26(18)16-23)22(28)25-12-13-29-15-17-6-2-1-3-7-17/h1-9,18H,10-16H2,(H,25,28)/t18-,23+/m0/s1. The molecule has 0 unspecified atom stereocenters. The second-order valence-corrected chi connectivity index (χ2v) is 8.18. The normalized spacial score (nSPS) is 23.3. The van der Waals surface area contributed by atoms with E-state index in [1.165, 1.54) is 0 Å². The van der Waals surface area contributed by atoms with E-state index in [1.54, 1.807) is 6.07 Å². The van der Waals surface area contributed by atoms with Crippen molar-refractivity contribution in [3.8, 4) is 0 Å². The SMILES string of the molecule is O=C1CC[C@H]2C[C@](C(=O)NCCOCc3ccccc3)(c3ccccc3Cl)CN12. The summed E-state index contributed by atoms with van der Waals surface area (Å²) in [5, 5.41) is 3.59. The zero-order chi connectivity index (χ0) is 20.3. The third-order valence-electron chi connectivity index (χ3n) is 5.94. The van der Waals surface area contributed by atoms with Gasteiger partial charge in [0.2, 0.25) is 11.8 Å². The molecule has 2 saturated heterocycles. The summed E-state index contributed by atoms with van der Waals surface area (Å²) >= 11 is 6.47. The monoisotopic (exact) mass is 412 g/mol. The second-order valence-electron chi connectivity index (χ2n) is 7.77. The smallest absolute Gasteiger partial charge is 0.232 e. The largest absolute Gasteiger partial charge is 0.375 e. The van der Waals surface area contributed by atoms with Crippen LogP contribution in [0.15, 0.2) is 54.6 Å². The number of halogens is 1. The van der Waals surface area contributed by atoms with Gasteiger partial charge in [0.1, 0.15) is 0 Å². The molecule has 5 nitrogen and oxygen atoms in total. The Balaban J connectivity index is 1.42. The second kappa shape index (κ2) is 8.56. The number of nitrogens with one attached hydrogen (secondary N) is 1. The number of carbonyl (C=O) groups excluding carboxylic acids is 2. The van der Waals surface area contributed by atoms with Crippen LogP contribution in [0.5, 0.6) is 0 Å². The predicted octanol–water partition coefficient (Wildman–Crippen LogP) is 3.31. The highest BCUT2D eigenvalue weighted by Crippen LogP contribution is 2.45. The molecule has 2 aliphatic rings. The number of fused-ring (bicyclic) bond motifs is 1. The Labute approximate surface area is 176 Å². The number of hydrogen-bond acceptors (Lipinski definition) is 3. The summed E-state index contributed by atoms with van der Waals surface area (Å²) in [5.41, 5.74) is 1.09. The van der Waals surface area contributed by atoms with Crippen LogP contribution in [0, 0.1) is 0 Å². The van der Waals surface area contributed by atoms with Crippen molar-refractivity contribution in [2.75, 3.05) is 19.7 Å². The Morgan fingerprint density at radius 3 is 2.69 bits per heavy atom. The molecule has 1 N–H and O–H groups in total. The number of carbonyl (C=O) groups is 2. The zero-order valence-corrected chi connectivity index (χ0v) is 17.0. The van der Waals surface area contributed by atoms with Crippen LogP contribution in [0.2, 0.25) is 5.02 Å². The Hall–Kier alpha value is -2.37. The maximum absolute atomic E-state index is 13.3. The molecule has 2 aromatic rings. The van der Waals surface area contributed by atoms with E-state index in [0.29, 0.717) is 44.2 Å². The molecular formula is C23H25ClN2O3. The average Bonchev–Trinajstić information content (AvgIpc) is 3.28. The Morgan fingerprint density at radius 1 is 1.17 bits per heavy atom. The lowest BCUT2D eigenvalue weighted by molar-refractivity contribution is -0.129. The highest BCUT2D eigenvalue weighted by atomic mass is 35.5. The molecular weight excluding hydrogens is 388 g/mol. The van der Waals surface area contributed by atoms with Crippen molar-refractivity contribution in [1.29, 1.82) is 0 Å². The van der Waals surface area contributed by atoms with Crippen LogP contribution in [0.1, 0.15) is 30.4 Å². The van der Waals surface area contributed by atoms with Gasteiger partial charge in [-0.2, -0.15) is 0 Å². The van der Waals surface area contributed by atoms with Gasteiger partial charge >= 0.3 is 0 Å². The van der Waals surface area contributed by atoms with E-state index in [4.69, 9.17) is 16.3 Å². The van der Waals surface area contributed by atoms with Gasteiger partial charge in [0.05, 0.1) is 18.6 Å². The molecule has 0 aromatic heterocycles. The number of rotatable bonds is 7. The highest BCUT2D eigenvalue weighted by Gasteiger charge is 2.54. The molecule has 2 aromatic carbocycles. The van der Waals surface area contributed by atoms with Gasteiger partial charge in [0, 0.05) is 30.6 Å². The lowest BCUT2D eigenvalue weighted by atomic mass is 9.77. The summed E-state index contributed by atoms with van der Waals surface area (Å²) in [7, 11) is 0. The first-order chi connectivity index (χ1) is 14.1. The minimum Gasteiger partial charge on any atom is -0.375 e. The molecule has 0 bridgehead atoms. The van der Waals surface area contributed by atoms with E-state index in [1.807, 2.05) is 53.4 Å². The molecule has 6 heteroatoms. The van der Waals surface area contributed by atoms with Crippen molar-refractivity contribution in [2.24, 2.45) is 0 Å². The van der Waals surface area contributed by atoms with Gasteiger partial charge in [-0.3, -0.25) is 9.59 Å². The number of benzene rings is 2. The number of hydrogen-bond donors (Lipinski definition) is 1. The van der Waals surface area contributed by atoms with Crippen molar-refractivity contribution < 1.29 is 14.3 Å². The summed E-state index contributed by atoms with van der Waals surface area (Å²) in [5.74, 6) is 0.0408. The van der Waals surface area contributed by atoms with E-state index in [2.05, 4.69) is 5.32 Å². The van der Waals surface area contributed by atoms with Crippen LogP contribution < -0.4 is 5.32 Å². The zero-order valence-electron chi connectivity index (χ0n) is 16.3. The average molecular weight is 413 g/mol. The number of nitrogens with zero attached hydrogens (tertiary/aromatic N) is 1. The first kappa shape index (κ1) is 19.9. The molecule has 0 saturated carbocycles. The quantitative estimate of drug-likeness (QED) is 0.710. The predicted molar refractivity (Wildman–Crippen MR) is 112 cm³/mol. The van der Waals surface area contributed by atoms with Crippen molar-refractivity contribution in [2.45, 2.75) is 37.3 Å². The van der Waals surface area contributed by atoms with Crippen molar-refractivity contribution in [3.05, 3.63) is 70.7 Å². The molecule has 2 fully saturated rings. The Morgan fingerprint density at radius 2 is 1.93 bits per heavy atom. The van der Waals surface area contributed by atoms with Gasteiger partial charge in [-0.15, -0.1) is 0 Å². The highest BCUT2D eigenvalue weighted by molar-refractivity contribution is 6.31. The first-order valence-electron chi connectivity index (χ1n) is 10.0. The Kier molecular flexibility index (Phi) is 5.88. The van der Waals surface area contributed by atoms with Gasteiger partial charge in [-0.25, -0.2) is 0 Å². The molecule has 0 radical (unpaired) electrons. The van der Waals surface area contributed by atoms with E-state index < -0.39 is 5.41 Å². The van der Waals surface area contributed by atoms with Crippen LogP contribution in [-0.2, 0) is 26.3 Å². The number of amides is 2. The molecule has 0 spiro atoms. The molecule has 2 amide bonds. The van der Waals surface area contributed by atoms with Crippen LogP contribution in [-0.4, -0.2) is 42.5 Å². The summed E-state index contributed by atoms with van der Waals surface area (Å²) in [6.45, 7) is 1.73. The van der Waals surface area contributed by atoms with E-state index >= 15 is 0 Å². The fourth-order valence-corrected chi connectivity index (χ4v) is 4.80. The van der Waals surface area contributed by atoms with Crippen LogP contribution >= 0.6 is 11.6 Å². The van der Waals surface area contributed by atoms with Crippen LogP contribution in [0.3, 0.4) is 0 Å². The lowest BCUT2D eigenvalue weighted by Crippen LogP contribution is -2.48. The molecule has 152 valence electrons. The summed E-state index contributed by atoms with van der Waals surface area (Å²) < 4.78 is 5.68. The molecule has 2 atom stereocenters. The van der Waals surface area contributed by atoms with Gasteiger partial charge < -0.3 is 15.0 Å². The molecule has 4 rings (SSSR count). The summed E-state index contributed by atoms with van der Waals surface area (Å²) in [4.78, 5) is 27.4. The third kappa shape index (κ3) is 4.02. The lowest BCUT2D eigenvalue weighted by Gasteiger charge is -2.29. The van der Waals surface area contributed by atoms with E-state index in [-0.39, 0.29) is 17.9 Å². The number of ether oxygens (including phenoxy) is 1. The van der Waals surface area contributed by atoms with E-state index in [0.717, 1.165) is 17.5 Å². The van der Waals surface area contributed by atoms with Crippen molar-refractivity contribution in [1.82, 2.24) is 10.2 Å². The van der Waals surface area contributed by atoms with Gasteiger partial charge in [0.25, 0.3) is 0 Å². The fraction of sp³-hybridized carbons (Fsp3) is 0.391. The maximum atomic E-state index is 13.3. The van der Waals surface area contributed by atoms with Crippen molar-refractivity contribution >= 4 is 23.4 Å². The molecule has 0 aliphatic carbocycles. The minimum absolute atomic E-state index is 0.0869. The molecule has 2 aliphatic heterocycles. The van der Waals surface area contributed by atoms with Crippen LogP contribution in [0.4, 0.5) is 0 Å². The maximum Gasteiger partial charge on any atom is 0.232 e. The summed E-state index contributed by atoms with van der Waals surface area (Å²) in [6.07, 6.45) is 1.98.